The first kappa shape index (κ1) is 13.1. The largest absolute Gasteiger partial charge is 0.459 e. The fourth-order valence-corrected chi connectivity index (χ4v) is 2.68. The van der Waals surface area contributed by atoms with Gasteiger partial charge in [0.25, 0.3) is 5.89 Å². The summed E-state index contributed by atoms with van der Waals surface area (Å²) in [6.07, 6.45) is 1.56. The van der Waals surface area contributed by atoms with Crippen LogP contribution in [0, 0.1) is 0 Å². The number of furan rings is 1. The van der Waals surface area contributed by atoms with E-state index in [0.29, 0.717) is 34.0 Å². The summed E-state index contributed by atoms with van der Waals surface area (Å²) in [5.74, 6) is 1.93. The van der Waals surface area contributed by atoms with Crippen LogP contribution in [0.25, 0.3) is 11.7 Å². The van der Waals surface area contributed by atoms with E-state index in [1.807, 2.05) is 6.07 Å². The van der Waals surface area contributed by atoms with E-state index in [9.17, 15) is 0 Å². The number of nitrogens with zero attached hydrogens (tertiary/aromatic N) is 2. The van der Waals surface area contributed by atoms with Crippen molar-refractivity contribution in [3.8, 4) is 11.7 Å². The van der Waals surface area contributed by atoms with Crippen molar-refractivity contribution in [3.63, 3.8) is 0 Å². The summed E-state index contributed by atoms with van der Waals surface area (Å²) < 4.78 is 10.7. The minimum atomic E-state index is 0.365. The van der Waals surface area contributed by atoms with E-state index in [1.165, 1.54) is 11.8 Å². The van der Waals surface area contributed by atoms with Crippen LogP contribution in [0.2, 0.25) is 5.02 Å². The van der Waals surface area contributed by atoms with Gasteiger partial charge in [-0.15, -0.1) is 22.0 Å². The van der Waals surface area contributed by atoms with Crippen molar-refractivity contribution in [2.45, 2.75) is 10.6 Å². The fraction of sp³-hybridized carbons (Fsp3) is 0.0769. The van der Waals surface area contributed by atoms with Crippen LogP contribution in [-0.2, 0) is 5.75 Å². The molecule has 1 aromatic carbocycles. The van der Waals surface area contributed by atoms with Gasteiger partial charge in [-0.3, -0.25) is 0 Å². The van der Waals surface area contributed by atoms with E-state index in [4.69, 9.17) is 26.2 Å². The first-order valence-corrected chi connectivity index (χ1v) is 7.13. The number of halogens is 1. The Hall–Kier alpha value is -1.92. The number of nitrogens with two attached hydrogens (primary N) is 1. The Kier molecular flexibility index (Phi) is 3.66. The Morgan fingerprint density at radius 1 is 1.25 bits per heavy atom. The molecule has 0 aliphatic rings. The van der Waals surface area contributed by atoms with Crippen LogP contribution in [0.3, 0.4) is 0 Å². The molecule has 0 aliphatic carbocycles. The Bertz CT molecular complexity index is 712. The lowest BCUT2D eigenvalue weighted by Crippen LogP contribution is -1.86. The van der Waals surface area contributed by atoms with Crippen LogP contribution in [-0.4, -0.2) is 10.2 Å². The predicted octanol–water partition coefficient (Wildman–Crippen LogP) is 3.86. The molecule has 0 amide bonds. The summed E-state index contributed by atoms with van der Waals surface area (Å²) >= 11 is 7.58. The normalized spacial score (nSPS) is 10.8. The highest BCUT2D eigenvalue weighted by Crippen LogP contribution is 2.31. The number of rotatable bonds is 4. The van der Waals surface area contributed by atoms with E-state index in [2.05, 4.69) is 10.2 Å². The highest BCUT2D eigenvalue weighted by molar-refractivity contribution is 7.98. The fourth-order valence-electron chi connectivity index (χ4n) is 1.58. The van der Waals surface area contributed by atoms with Crippen molar-refractivity contribution < 1.29 is 8.83 Å². The second-order valence-corrected chi connectivity index (χ2v) is 5.38. The molecule has 7 heteroatoms. The number of hydrogen-bond acceptors (Lipinski definition) is 6. The lowest BCUT2D eigenvalue weighted by Gasteiger charge is -2.02. The molecule has 5 nitrogen and oxygen atoms in total. The zero-order valence-corrected chi connectivity index (χ0v) is 11.8. The maximum atomic E-state index is 6.09. The van der Waals surface area contributed by atoms with E-state index in [1.54, 1.807) is 30.5 Å². The molecule has 0 saturated carbocycles. The number of hydrogen-bond donors (Lipinski definition) is 1. The molecule has 102 valence electrons. The molecule has 0 bridgehead atoms. The molecule has 0 fully saturated rings. The molecule has 0 unspecified atom stereocenters. The molecule has 3 rings (SSSR count). The first-order valence-electron chi connectivity index (χ1n) is 5.76. The molecular formula is C13H10ClN3O2S. The quantitative estimate of drug-likeness (QED) is 0.582. The van der Waals surface area contributed by atoms with Gasteiger partial charge < -0.3 is 14.6 Å². The monoisotopic (exact) mass is 307 g/mol. The van der Waals surface area contributed by atoms with Gasteiger partial charge >= 0.3 is 0 Å². The summed E-state index contributed by atoms with van der Waals surface area (Å²) in [5.41, 5.74) is 6.39. The van der Waals surface area contributed by atoms with Gasteiger partial charge in [0.15, 0.2) is 5.76 Å². The van der Waals surface area contributed by atoms with E-state index < -0.39 is 0 Å². The maximum Gasteiger partial charge on any atom is 0.283 e. The molecule has 0 aliphatic heterocycles. The Morgan fingerprint density at radius 3 is 2.95 bits per heavy atom. The molecule has 0 atom stereocenters. The molecule has 0 saturated heterocycles. The molecule has 2 aromatic heterocycles. The van der Waals surface area contributed by atoms with Crippen LogP contribution in [0.15, 0.2) is 50.3 Å². The van der Waals surface area contributed by atoms with Crippen molar-refractivity contribution in [2.24, 2.45) is 0 Å². The summed E-state index contributed by atoms with van der Waals surface area (Å²) in [7, 11) is 0. The molecule has 2 heterocycles. The summed E-state index contributed by atoms with van der Waals surface area (Å²) in [6, 6.07) is 8.87. The van der Waals surface area contributed by atoms with Crippen molar-refractivity contribution in [3.05, 3.63) is 47.5 Å². The first-order chi connectivity index (χ1) is 9.72. The average Bonchev–Trinajstić information content (AvgIpc) is 3.09. The smallest absolute Gasteiger partial charge is 0.283 e. The highest BCUT2D eigenvalue weighted by Gasteiger charge is 2.11. The number of anilines is 1. The van der Waals surface area contributed by atoms with Gasteiger partial charge in [0.1, 0.15) is 0 Å². The average molecular weight is 308 g/mol. The van der Waals surface area contributed by atoms with Crippen LogP contribution >= 0.6 is 23.4 Å². The van der Waals surface area contributed by atoms with Crippen LogP contribution in [0.5, 0.6) is 0 Å². The second kappa shape index (κ2) is 5.60. The van der Waals surface area contributed by atoms with Crippen LogP contribution in [0.1, 0.15) is 5.89 Å². The summed E-state index contributed by atoms with van der Waals surface area (Å²) in [5, 5.41) is 8.55. The third-order valence-electron chi connectivity index (χ3n) is 2.51. The molecule has 0 radical (unpaired) electrons. The SMILES string of the molecule is Nc1ccc(Cl)c(SCc2nnc(-c3ccco3)o2)c1. The minimum Gasteiger partial charge on any atom is -0.459 e. The molecule has 20 heavy (non-hydrogen) atoms. The standard InChI is InChI=1S/C13H10ClN3O2S/c14-9-4-3-8(15)6-11(9)20-7-12-16-17-13(19-12)10-2-1-5-18-10/h1-6H,7,15H2. The molecular weight excluding hydrogens is 298 g/mol. The Balaban J connectivity index is 1.71. The van der Waals surface area contributed by atoms with Gasteiger partial charge in [-0.25, -0.2) is 0 Å². The van der Waals surface area contributed by atoms with Gasteiger partial charge in [0.05, 0.1) is 17.0 Å². The topological polar surface area (TPSA) is 78.1 Å². The maximum absolute atomic E-state index is 6.09. The second-order valence-electron chi connectivity index (χ2n) is 3.96. The number of aromatic nitrogens is 2. The molecule has 2 N–H and O–H groups in total. The Labute approximate surface area is 124 Å². The van der Waals surface area contributed by atoms with Gasteiger partial charge in [-0.1, -0.05) is 11.6 Å². The van der Waals surface area contributed by atoms with Gasteiger partial charge in [0, 0.05) is 10.6 Å². The lowest BCUT2D eigenvalue weighted by atomic mass is 10.3. The van der Waals surface area contributed by atoms with Gasteiger partial charge in [0.2, 0.25) is 5.89 Å². The van der Waals surface area contributed by atoms with Crippen molar-refractivity contribution in [1.29, 1.82) is 0 Å². The van der Waals surface area contributed by atoms with E-state index in [0.717, 1.165) is 4.90 Å². The third kappa shape index (κ3) is 2.81. The highest BCUT2D eigenvalue weighted by atomic mass is 35.5. The number of benzene rings is 1. The lowest BCUT2D eigenvalue weighted by molar-refractivity contribution is 0.494. The zero-order valence-electron chi connectivity index (χ0n) is 10.2. The number of thioether (sulfide) groups is 1. The van der Waals surface area contributed by atoms with E-state index in [-0.39, 0.29) is 0 Å². The predicted molar refractivity (Wildman–Crippen MR) is 77.4 cm³/mol. The summed E-state index contributed by atoms with van der Waals surface area (Å²) in [6.45, 7) is 0. The number of nitrogen functional groups attached to an aromatic ring is 1. The van der Waals surface area contributed by atoms with Crippen molar-refractivity contribution in [1.82, 2.24) is 10.2 Å². The van der Waals surface area contributed by atoms with Crippen molar-refractivity contribution in [2.75, 3.05) is 5.73 Å². The minimum absolute atomic E-state index is 0.365. The summed E-state index contributed by atoms with van der Waals surface area (Å²) in [4.78, 5) is 0.879. The third-order valence-corrected chi connectivity index (χ3v) is 3.99. The van der Waals surface area contributed by atoms with Gasteiger partial charge in [-0.05, 0) is 30.3 Å². The van der Waals surface area contributed by atoms with Crippen LogP contribution in [0.4, 0.5) is 5.69 Å². The van der Waals surface area contributed by atoms with Crippen LogP contribution < -0.4 is 5.73 Å². The zero-order chi connectivity index (χ0) is 13.9. The van der Waals surface area contributed by atoms with E-state index >= 15 is 0 Å². The molecule has 0 spiro atoms. The van der Waals surface area contributed by atoms with Crippen molar-refractivity contribution >= 4 is 29.1 Å². The molecule has 3 aromatic rings. The van der Waals surface area contributed by atoms with Gasteiger partial charge in [-0.2, -0.15) is 0 Å². The Morgan fingerprint density at radius 2 is 2.15 bits per heavy atom.